The summed E-state index contributed by atoms with van der Waals surface area (Å²) in [7, 11) is 0. The molecule has 0 aliphatic heterocycles. The first-order chi connectivity index (χ1) is 16.1. The molecule has 33 heavy (non-hydrogen) atoms. The van der Waals surface area contributed by atoms with Crippen LogP contribution in [0.15, 0.2) is 72.8 Å². The number of aromatic nitrogens is 1. The Morgan fingerprint density at radius 1 is 1.03 bits per heavy atom. The molecule has 0 saturated carbocycles. The van der Waals surface area contributed by atoms with Gasteiger partial charge in [-0.15, -0.1) is 11.3 Å². The third kappa shape index (κ3) is 6.37. The lowest BCUT2D eigenvalue weighted by Gasteiger charge is -2.11. The maximum absolute atomic E-state index is 12.5. The minimum Gasteiger partial charge on any atom is -0.494 e. The van der Waals surface area contributed by atoms with E-state index in [9.17, 15) is 4.79 Å². The zero-order valence-corrected chi connectivity index (χ0v) is 20.0. The minimum atomic E-state index is -0.264. The second-order valence-corrected chi connectivity index (χ2v) is 9.11. The number of fused-ring (bicyclic) bond motifs is 1. The molecule has 4 rings (SSSR count). The number of hydrogen-bond acceptors (Lipinski definition) is 5. The number of thiazole rings is 1. The number of thiocarbonyl (C=S) groups is 1. The van der Waals surface area contributed by atoms with Gasteiger partial charge < -0.3 is 10.1 Å². The van der Waals surface area contributed by atoms with Gasteiger partial charge in [0, 0.05) is 17.7 Å². The van der Waals surface area contributed by atoms with Crippen molar-refractivity contribution in [3.63, 3.8) is 0 Å². The van der Waals surface area contributed by atoms with E-state index in [2.05, 4.69) is 23.6 Å². The van der Waals surface area contributed by atoms with Gasteiger partial charge in [0.15, 0.2) is 5.11 Å². The molecule has 168 valence electrons. The third-order valence-electron chi connectivity index (χ3n) is 5.02. The summed E-state index contributed by atoms with van der Waals surface area (Å²) in [5.74, 6) is 0.492. The standard InChI is InChI=1S/C26H25N3O2S2/c1-2-3-16-31-21-14-10-19(11-15-21)25(30)29-26(32)27-20-12-8-18(9-13-20)17-24-28-22-6-4-5-7-23(22)33-24/h4-15H,2-3,16-17H2,1H3,(H2,27,29,30,32). The summed E-state index contributed by atoms with van der Waals surface area (Å²) in [5.41, 5.74) is 3.53. The van der Waals surface area contributed by atoms with Crippen molar-refractivity contribution in [2.75, 3.05) is 11.9 Å². The van der Waals surface area contributed by atoms with Gasteiger partial charge in [0.25, 0.3) is 5.91 Å². The summed E-state index contributed by atoms with van der Waals surface area (Å²) in [6, 6.07) is 23.2. The van der Waals surface area contributed by atoms with Crippen molar-refractivity contribution in [1.82, 2.24) is 10.3 Å². The van der Waals surface area contributed by atoms with Gasteiger partial charge in [-0.1, -0.05) is 37.6 Å². The minimum absolute atomic E-state index is 0.252. The number of amides is 1. The molecule has 0 radical (unpaired) electrons. The normalized spacial score (nSPS) is 10.7. The summed E-state index contributed by atoms with van der Waals surface area (Å²) < 4.78 is 6.83. The number of carbonyl (C=O) groups excluding carboxylic acids is 1. The van der Waals surface area contributed by atoms with Gasteiger partial charge in [-0.2, -0.15) is 0 Å². The van der Waals surface area contributed by atoms with Gasteiger partial charge in [-0.3, -0.25) is 10.1 Å². The van der Waals surface area contributed by atoms with Crippen molar-refractivity contribution < 1.29 is 9.53 Å². The van der Waals surface area contributed by atoms with E-state index >= 15 is 0 Å². The highest BCUT2D eigenvalue weighted by Gasteiger charge is 2.09. The topological polar surface area (TPSA) is 63.2 Å². The Morgan fingerprint density at radius 3 is 2.52 bits per heavy atom. The fourth-order valence-corrected chi connectivity index (χ4v) is 4.46. The van der Waals surface area contributed by atoms with Gasteiger partial charge in [0.05, 0.1) is 21.8 Å². The van der Waals surface area contributed by atoms with Crippen LogP contribution in [0.3, 0.4) is 0 Å². The lowest BCUT2D eigenvalue weighted by atomic mass is 10.1. The van der Waals surface area contributed by atoms with Crippen molar-refractivity contribution in [1.29, 1.82) is 0 Å². The fourth-order valence-electron chi connectivity index (χ4n) is 3.25. The van der Waals surface area contributed by atoms with Crippen LogP contribution in [0.25, 0.3) is 10.2 Å². The number of anilines is 1. The van der Waals surface area contributed by atoms with Crippen molar-refractivity contribution in [2.45, 2.75) is 26.2 Å². The van der Waals surface area contributed by atoms with Gasteiger partial charge in [-0.05, 0) is 72.7 Å². The first-order valence-corrected chi connectivity index (χ1v) is 12.1. The largest absolute Gasteiger partial charge is 0.494 e. The molecule has 0 aliphatic rings. The molecule has 7 heteroatoms. The van der Waals surface area contributed by atoms with E-state index in [0.717, 1.165) is 46.8 Å². The lowest BCUT2D eigenvalue weighted by molar-refractivity contribution is 0.0977. The number of nitrogens with zero attached hydrogens (tertiary/aromatic N) is 1. The first-order valence-electron chi connectivity index (χ1n) is 10.9. The maximum Gasteiger partial charge on any atom is 0.257 e. The number of rotatable bonds is 8. The van der Waals surface area contributed by atoms with E-state index in [-0.39, 0.29) is 11.0 Å². The number of para-hydroxylation sites is 1. The molecule has 3 aromatic carbocycles. The summed E-state index contributed by atoms with van der Waals surface area (Å²) in [6.45, 7) is 2.79. The van der Waals surface area contributed by atoms with Gasteiger partial charge in [-0.25, -0.2) is 4.98 Å². The molecule has 5 nitrogen and oxygen atoms in total. The van der Waals surface area contributed by atoms with E-state index in [1.165, 1.54) is 4.70 Å². The number of carbonyl (C=O) groups is 1. The Balaban J connectivity index is 1.28. The SMILES string of the molecule is CCCCOc1ccc(C(=O)NC(=S)Nc2ccc(Cc3nc4ccccc4s3)cc2)cc1. The van der Waals surface area contributed by atoms with Crippen LogP contribution in [0.2, 0.25) is 0 Å². The Kier molecular flexibility index (Phi) is 7.65. The predicted molar refractivity (Wildman–Crippen MR) is 139 cm³/mol. The lowest BCUT2D eigenvalue weighted by Crippen LogP contribution is -2.34. The molecular formula is C26H25N3O2S2. The Bertz CT molecular complexity index is 1200. The number of ether oxygens (including phenoxy) is 1. The first kappa shape index (κ1) is 22.9. The van der Waals surface area contributed by atoms with Crippen LogP contribution in [0.1, 0.15) is 40.7 Å². The summed E-state index contributed by atoms with van der Waals surface area (Å²) in [6.07, 6.45) is 2.86. The van der Waals surface area contributed by atoms with Gasteiger partial charge in [0.1, 0.15) is 5.75 Å². The molecule has 4 aromatic rings. The zero-order chi connectivity index (χ0) is 23.0. The van der Waals surface area contributed by atoms with Crippen LogP contribution < -0.4 is 15.4 Å². The molecule has 0 saturated heterocycles. The van der Waals surface area contributed by atoms with Crippen molar-refractivity contribution in [3.05, 3.63) is 88.9 Å². The highest BCUT2D eigenvalue weighted by atomic mass is 32.1. The van der Waals surface area contributed by atoms with E-state index < -0.39 is 0 Å². The predicted octanol–water partition coefficient (Wildman–Crippen LogP) is 6.19. The fraction of sp³-hybridized carbons (Fsp3) is 0.192. The average molecular weight is 476 g/mol. The van der Waals surface area contributed by atoms with Crippen LogP contribution in [0.5, 0.6) is 5.75 Å². The molecule has 0 unspecified atom stereocenters. The second-order valence-electron chi connectivity index (χ2n) is 7.58. The molecule has 0 fully saturated rings. The molecule has 0 bridgehead atoms. The summed E-state index contributed by atoms with van der Waals surface area (Å²) in [5, 5.41) is 7.12. The van der Waals surface area contributed by atoms with Crippen molar-refractivity contribution in [2.24, 2.45) is 0 Å². The Hall–Kier alpha value is -3.29. The molecular weight excluding hydrogens is 450 g/mol. The third-order valence-corrected chi connectivity index (χ3v) is 6.26. The molecule has 2 N–H and O–H groups in total. The average Bonchev–Trinajstić information content (AvgIpc) is 3.23. The number of nitrogens with one attached hydrogen (secondary N) is 2. The Labute approximate surface area is 202 Å². The van der Waals surface area contributed by atoms with E-state index in [1.807, 2.05) is 42.5 Å². The number of benzene rings is 3. The van der Waals surface area contributed by atoms with Crippen LogP contribution in [-0.4, -0.2) is 22.6 Å². The summed E-state index contributed by atoms with van der Waals surface area (Å²) >= 11 is 7.02. The molecule has 1 aromatic heterocycles. The van der Waals surface area contributed by atoms with Crippen LogP contribution in [0.4, 0.5) is 5.69 Å². The zero-order valence-electron chi connectivity index (χ0n) is 18.3. The van der Waals surface area contributed by atoms with Crippen LogP contribution in [-0.2, 0) is 6.42 Å². The summed E-state index contributed by atoms with van der Waals surface area (Å²) in [4.78, 5) is 17.2. The quantitative estimate of drug-likeness (QED) is 0.235. The second kappa shape index (κ2) is 11.0. The monoisotopic (exact) mass is 475 g/mol. The van der Waals surface area contributed by atoms with Crippen molar-refractivity contribution in [3.8, 4) is 5.75 Å². The highest BCUT2D eigenvalue weighted by Crippen LogP contribution is 2.24. The molecule has 1 amide bonds. The molecule has 0 aliphatic carbocycles. The van der Waals surface area contributed by atoms with Gasteiger partial charge in [0.2, 0.25) is 0 Å². The van der Waals surface area contributed by atoms with Crippen molar-refractivity contribution >= 4 is 50.5 Å². The molecule has 0 spiro atoms. The van der Waals surface area contributed by atoms with Crippen LogP contribution in [0, 0.1) is 0 Å². The van der Waals surface area contributed by atoms with E-state index in [0.29, 0.717) is 12.2 Å². The van der Waals surface area contributed by atoms with E-state index in [1.54, 1.807) is 35.6 Å². The Morgan fingerprint density at radius 2 is 1.79 bits per heavy atom. The molecule has 1 heterocycles. The van der Waals surface area contributed by atoms with Gasteiger partial charge >= 0.3 is 0 Å². The highest BCUT2D eigenvalue weighted by molar-refractivity contribution is 7.80. The maximum atomic E-state index is 12.5. The number of unbranched alkanes of at least 4 members (excludes halogenated alkanes) is 1. The van der Waals surface area contributed by atoms with E-state index in [4.69, 9.17) is 21.9 Å². The number of hydrogen-bond donors (Lipinski definition) is 2. The smallest absolute Gasteiger partial charge is 0.257 e. The molecule has 0 atom stereocenters. The van der Waals surface area contributed by atoms with Crippen LogP contribution >= 0.6 is 23.6 Å².